The maximum absolute atomic E-state index is 9.52. The molecule has 0 atom stereocenters. The third-order valence-corrected chi connectivity index (χ3v) is 4.16. The molecule has 3 aromatic rings. The summed E-state index contributed by atoms with van der Waals surface area (Å²) in [6.45, 7) is 4.23. The van der Waals surface area contributed by atoms with Gasteiger partial charge in [-0.15, -0.1) is 0 Å². The minimum atomic E-state index is 0.244. The Morgan fingerprint density at radius 2 is 1.70 bits per heavy atom. The molecule has 0 fully saturated rings. The van der Waals surface area contributed by atoms with E-state index in [2.05, 4.69) is 31.0 Å². The second-order valence-corrected chi connectivity index (χ2v) is 5.63. The smallest absolute Gasteiger partial charge is 0.131 e. The number of nitrogen functional groups attached to an aromatic ring is 1. The number of rotatable bonds is 3. The third kappa shape index (κ3) is 2.78. The Balaban J connectivity index is 2.27. The van der Waals surface area contributed by atoms with Crippen molar-refractivity contribution in [2.45, 2.75) is 20.3 Å². The second kappa shape index (κ2) is 6.13. The van der Waals surface area contributed by atoms with Crippen molar-refractivity contribution in [2.24, 2.45) is 0 Å². The first kappa shape index (κ1) is 15.1. The summed E-state index contributed by atoms with van der Waals surface area (Å²) in [7, 11) is 0. The fourth-order valence-corrected chi connectivity index (χ4v) is 2.99. The van der Waals surface area contributed by atoms with Gasteiger partial charge in [-0.05, 0) is 47.7 Å². The Labute approximate surface area is 136 Å². The van der Waals surface area contributed by atoms with E-state index in [0.29, 0.717) is 5.82 Å². The lowest BCUT2D eigenvalue weighted by Crippen LogP contribution is -2.02. The molecule has 0 radical (unpaired) electrons. The van der Waals surface area contributed by atoms with Crippen LogP contribution in [0.1, 0.15) is 18.1 Å². The molecule has 2 aromatic carbocycles. The topological polar surface area (TPSA) is 59.1 Å². The lowest BCUT2D eigenvalue weighted by atomic mass is 9.90. The van der Waals surface area contributed by atoms with Crippen molar-refractivity contribution in [1.29, 1.82) is 0 Å². The zero-order valence-corrected chi connectivity index (χ0v) is 13.4. The van der Waals surface area contributed by atoms with Crippen LogP contribution in [0.15, 0.2) is 54.7 Å². The molecule has 0 saturated heterocycles. The molecule has 3 rings (SSSR count). The molecular weight excluding hydrogens is 284 g/mol. The van der Waals surface area contributed by atoms with Crippen LogP contribution in [0.2, 0.25) is 0 Å². The molecule has 116 valence electrons. The number of nitrogens with two attached hydrogens (primary N) is 1. The van der Waals surface area contributed by atoms with Crippen molar-refractivity contribution >= 4 is 5.82 Å². The van der Waals surface area contributed by atoms with Gasteiger partial charge in [0.05, 0.1) is 0 Å². The molecule has 0 aliphatic carbocycles. The first-order valence-corrected chi connectivity index (χ1v) is 7.74. The number of phenolic OH excluding ortho intramolecular Hbond substituents is 1. The van der Waals surface area contributed by atoms with Gasteiger partial charge in [-0.2, -0.15) is 0 Å². The molecular formula is C20H20N2O. The summed E-state index contributed by atoms with van der Waals surface area (Å²) in [6.07, 6.45) is 2.72. The van der Waals surface area contributed by atoms with E-state index in [0.717, 1.165) is 23.1 Å². The predicted molar refractivity (Wildman–Crippen MR) is 95.3 cm³/mol. The first-order valence-electron chi connectivity index (χ1n) is 7.74. The second-order valence-electron chi connectivity index (χ2n) is 5.63. The van der Waals surface area contributed by atoms with E-state index in [-0.39, 0.29) is 5.75 Å². The highest BCUT2D eigenvalue weighted by Gasteiger charge is 2.16. The normalized spacial score (nSPS) is 10.7. The lowest BCUT2D eigenvalue weighted by Gasteiger charge is -2.17. The van der Waals surface area contributed by atoms with Crippen LogP contribution in [0, 0.1) is 6.92 Å². The summed E-state index contributed by atoms with van der Waals surface area (Å²) in [5.74, 6) is 0.762. The van der Waals surface area contributed by atoms with Crippen molar-refractivity contribution in [2.75, 3.05) is 5.73 Å². The van der Waals surface area contributed by atoms with Crippen molar-refractivity contribution in [3.8, 4) is 28.0 Å². The SMILES string of the molecule is CCc1c(-c2ccccc2C)cnc(N)c1-c1ccc(O)cc1. The summed E-state index contributed by atoms with van der Waals surface area (Å²) in [4.78, 5) is 4.42. The molecule has 0 bridgehead atoms. The van der Waals surface area contributed by atoms with Gasteiger partial charge in [0.2, 0.25) is 0 Å². The quantitative estimate of drug-likeness (QED) is 0.745. The molecule has 3 N–H and O–H groups in total. The number of aromatic hydroxyl groups is 1. The first-order chi connectivity index (χ1) is 11.1. The van der Waals surface area contributed by atoms with E-state index in [1.807, 2.05) is 30.5 Å². The van der Waals surface area contributed by atoms with Crippen LogP contribution in [0.4, 0.5) is 5.82 Å². The van der Waals surface area contributed by atoms with Crippen LogP contribution < -0.4 is 5.73 Å². The maximum atomic E-state index is 9.52. The molecule has 0 spiro atoms. The molecule has 0 saturated carbocycles. The van der Waals surface area contributed by atoms with Crippen LogP contribution in [0.25, 0.3) is 22.3 Å². The Bertz CT molecular complexity index is 839. The standard InChI is InChI=1S/C20H20N2O/c1-3-16-18(17-7-5-4-6-13(17)2)12-22-20(21)19(16)14-8-10-15(23)11-9-14/h4-12,23H,3H2,1-2H3,(H2,21,22). The van der Waals surface area contributed by atoms with E-state index in [1.165, 1.54) is 16.7 Å². The molecule has 0 aliphatic rings. The van der Waals surface area contributed by atoms with Crippen LogP contribution in [0.5, 0.6) is 5.75 Å². The van der Waals surface area contributed by atoms with E-state index >= 15 is 0 Å². The summed E-state index contributed by atoms with van der Waals surface area (Å²) < 4.78 is 0. The number of aryl methyl sites for hydroxylation is 1. The number of nitrogens with zero attached hydrogens (tertiary/aromatic N) is 1. The Hall–Kier alpha value is -2.81. The maximum Gasteiger partial charge on any atom is 0.131 e. The average molecular weight is 304 g/mol. The predicted octanol–water partition coefficient (Wildman–Crippen LogP) is 4.57. The molecule has 0 amide bonds. The Kier molecular flexibility index (Phi) is 4.02. The molecule has 1 heterocycles. The van der Waals surface area contributed by atoms with Crippen molar-refractivity contribution in [3.05, 3.63) is 65.9 Å². The Morgan fingerprint density at radius 3 is 2.35 bits per heavy atom. The Morgan fingerprint density at radius 1 is 1.00 bits per heavy atom. The van der Waals surface area contributed by atoms with Gasteiger partial charge in [-0.25, -0.2) is 4.98 Å². The van der Waals surface area contributed by atoms with Crippen molar-refractivity contribution < 1.29 is 5.11 Å². The van der Waals surface area contributed by atoms with E-state index in [9.17, 15) is 5.11 Å². The van der Waals surface area contributed by atoms with Gasteiger partial charge in [0, 0.05) is 17.3 Å². The van der Waals surface area contributed by atoms with Gasteiger partial charge >= 0.3 is 0 Å². The van der Waals surface area contributed by atoms with Crippen LogP contribution in [0.3, 0.4) is 0 Å². The van der Waals surface area contributed by atoms with Gasteiger partial charge in [0.25, 0.3) is 0 Å². The monoisotopic (exact) mass is 304 g/mol. The van der Waals surface area contributed by atoms with Crippen LogP contribution >= 0.6 is 0 Å². The summed E-state index contributed by atoms with van der Waals surface area (Å²) in [5.41, 5.74) is 12.8. The van der Waals surface area contributed by atoms with Crippen LogP contribution in [-0.4, -0.2) is 10.1 Å². The van der Waals surface area contributed by atoms with Crippen molar-refractivity contribution in [1.82, 2.24) is 4.98 Å². The fraction of sp³-hybridized carbons (Fsp3) is 0.150. The lowest BCUT2D eigenvalue weighted by molar-refractivity contribution is 0.475. The number of anilines is 1. The molecule has 23 heavy (non-hydrogen) atoms. The number of aromatic nitrogens is 1. The summed E-state index contributed by atoms with van der Waals surface area (Å²) >= 11 is 0. The minimum absolute atomic E-state index is 0.244. The van der Waals surface area contributed by atoms with Gasteiger partial charge in [0.15, 0.2) is 0 Å². The average Bonchev–Trinajstić information content (AvgIpc) is 2.56. The zero-order chi connectivity index (χ0) is 16.4. The highest BCUT2D eigenvalue weighted by atomic mass is 16.3. The molecule has 3 nitrogen and oxygen atoms in total. The fourth-order valence-electron chi connectivity index (χ4n) is 2.99. The highest BCUT2D eigenvalue weighted by molar-refractivity contribution is 5.85. The van der Waals surface area contributed by atoms with Gasteiger partial charge in [-0.3, -0.25) is 0 Å². The van der Waals surface area contributed by atoms with Crippen molar-refractivity contribution in [3.63, 3.8) is 0 Å². The summed E-state index contributed by atoms with van der Waals surface area (Å²) in [5, 5.41) is 9.52. The molecule has 3 heteroatoms. The van der Waals surface area contributed by atoms with Gasteiger partial charge < -0.3 is 10.8 Å². The minimum Gasteiger partial charge on any atom is -0.508 e. The number of phenols is 1. The molecule has 0 unspecified atom stereocenters. The zero-order valence-electron chi connectivity index (χ0n) is 13.4. The van der Waals surface area contributed by atoms with Gasteiger partial charge in [-0.1, -0.05) is 43.3 Å². The number of benzene rings is 2. The summed E-state index contributed by atoms with van der Waals surface area (Å²) in [6, 6.07) is 15.4. The number of hydrogen-bond acceptors (Lipinski definition) is 3. The van der Waals surface area contributed by atoms with E-state index < -0.39 is 0 Å². The largest absolute Gasteiger partial charge is 0.508 e. The third-order valence-electron chi connectivity index (χ3n) is 4.16. The molecule has 0 aliphatic heterocycles. The van der Waals surface area contributed by atoms with E-state index in [1.54, 1.807) is 12.1 Å². The van der Waals surface area contributed by atoms with E-state index in [4.69, 9.17) is 5.73 Å². The molecule has 1 aromatic heterocycles. The highest BCUT2D eigenvalue weighted by Crippen LogP contribution is 2.37. The van der Waals surface area contributed by atoms with Crippen LogP contribution in [-0.2, 0) is 6.42 Å². The number of hydrogen-bond donors (Lipinski definition) is 2. The number of pyridine rings is 1. The van der Waals surface area contributed by atoms with Gasteiger partial charge in [0.1, 0.15) is 11.6 Å².